The first-order chi connectivity index (χ1) is 9.56. The number of hydrogen-bond acceptors (Lipinski definition) is 2. The number of rotatable bonds is 5. The molecule has 1 amide bonds. The van der Waals surface area contributed by atoms with E-state index in [-0.39, 0.29) is 11.7 Å². The summed E-state index contributed by atoms with van der Waals surface area (Å²) in [4.78, 5) is 14.4. The number of hydrogen-bond donors (Lipinski definition) is 1. The fourth-order valence-electron chi connectivity index (χ4n) is 2.48. The number of amides is 1. The first kappa shape index (κ1) is 15.4. The summed E-state index contributed by atoms with van der Waals surface area (Å²) in [5.74, 6) is -0.0936. The van der Waals surface area contributed by atoms with Crippen molar-refractivity contribution in [2.24, 2.45) is 5.92 Å². The molecule has 20 heavy (non-hydrogen) atoms. The van der Waals surface area contributed by atoms with Gasteiger partial charge in [-0.3, -0.25) is 4.79 Å². The van der Waals surface area contributed by atoms with E-state index < -0.39 is 0 Å². The summed E-state index contributed by atoms with van der Waals surface area (Å²) >= 11 is 3.09. The smallest absolute Gasteiger partial charge is 0.251 e. The highest BCUT2D eigenvalue weighted by atomic mass is 79.9. The minimum absolute atomic E-state index is 0.154. The number of halogens is 2. The molecule has 1 aliphatic rings. The maximum Gasteiger partial charge on any atom is 0.251 e. The van der Waals surface area contributed by atoms with E-state index in [0.29, 0.717) is 22.5 Å². The van der Waals surface area contributed by atoms with Crippen molar-refractivity contribution in [3.8, 4) is 0 Å². The summed E-state index contributed by atoms with van der Waals surface area (Å²) in [5, 5.41) is 2.91. The zero-order chi connectivity index (χ0) is 14.5. The zero-order valence-corrected chi connectivity index (χ0v) is 13.2. The standard InChI is InChI=1S/C15H20BrFN2O/c1-11(10-19-6-2-3-7-19)9-18-15(20)12-4-5-14(17)13(16)8-12/h4-5,8,11H,2-3,6-7,9-10H2,1H3,(H,18,20). The minimum Gasteiger partial charge on any atom is -0.352 e. The predicted molar refractivity (Wildman–Crippen MR) is 81.3 cm³/mol. The Morgan fingerprint density at radius 1 is 1.45 bits per heavy atom. The number of likely N-dealkylation sites (tertiary alicyclic amines) is 1. The van der Waals surface area contributed by atoms with Crippen LogP contribution in [0, 0.1) is 11.7 Å². The number of carbonyl (C=O) groups is 1. The van der Waals surface area contributed by atoms with Crippen molar-refractivity contribution in [2.45, 2.75) is 19.8 Å². The second-order valence-electron chi connectivity index (χ2n) is 5.45. The summed E-state index contributed by atoms with van der Waals surface area (Å²) in [6.45, 7) is 6.14. The van der Waals surface area contributed by atoms with Crippen LogP contribution in [0.2, 0.25) is 0 Å². The van der Waals surface area contributed by atoms with Crippen LogP contribution >= 0.6 is 15.9 Å². The van der Waals surface area contributed by atoms with Crippen molar-refractivity contribution in [2.75, 3.05) is 26.2 Å². The molecule has 0 aliphatic carbocycles. The minimum atomic E-state index is -0.357. The molecule has 0 aromatic heterocycles. The largest absolute Gasteiger partial charge is 0.352 e. The summed E-state index contributed by atoms with van der Waals surface area (Å²) in [7, 11) is 0. The second kappa shape index (κ2) is 7.18. The SMILES string of the molecule is CC(CNC(=O)c1ccc(F)c(Br)c1)CN1CCCC1. The van der Waals surface area contributed by atoms with E-state index in [0.717, 1.165) is 6.54 Å². The highest BCUT2D eigenvalue weighted by Crippen LogP contribution is 2.17. The first-order valence-electron chi connectivity index (χ1n) is 7.02. The lowest BCUT2D eigenvalue weighted by Gasteiger charge is -2.20. The van der Waals surface area contributed by atoms with Crippen molar-refractivity contribution >= 4 is 21.8 Å². The van der Waals surface area contributed by atoms with Crippen LogP contribution in [0.3, 0.4) is 0 Å². The Bertz CT molecular complexity index is 475. The van der Waals surface area contributed by atoms with Gasteiger partial charge in [-0.2, -0.15) is 0 Å². The Morgan fingerprint density at radius 2 is 2.15 bits per heavy atom. The molecule has 1 N–H and O–H groups in total. The van der Waals surface area contributed by atoms with Gasteiger partial charge in [-0.25, -0.2) is 4.39 Å². The number of nitrogens with zero attached hydrogens (tertiary/aromatic N) is 1. The third-order valence-electron chi connectivity index (χ3n) is 3.56. The summed E-state index contributed by atoms with van der Waals surface area (Å²) < 4.78 is 13.4. The molecule has 5 heteroatoms. The van der Waals surface area contributed by atoms with Crippen molar-refractivity contribution in [1.29, 1.82) is 0 Å². The maximum atomic E-state index is 13.1. The third-order valence-corrected chi connectivity index (χ3v) is 4.17. The maximum absolute atomic E-state index is 13.1. The van der Waals surface area contributed by atoms with Crippen LogP contribution in [0.25, 0.3) is 0 Å². The molecule has 0 saturated carbocycles. The lowest BCUT2D eigenvalue weighted by molar-refractivity contribution is 0.0945. The zero-order valence-electron chi connectivity index (χ0n) is 11.7. The van der Waals surface area contributed by atoms with E-state index in [1.165, 1.54) is 44.1 Å². The molecular weight excluding hydrogens is 323 g/mol. The number of benzene rings is 1. The number of nitrogens with one attached hydrogen (secondary N) is 1. The number of carbonyl (C=O) groups excluding carboxylic acids is 1. The van der Waals surface area contributed by atoms with E-state index in [2.05, 4.69) is 33.1 Å². The molecule has 1 aliphatic heterocycles. The lowest BCUT2D eigenvalue weighted by Crippen LogP contribution is -2.34. The van der Waals surface area contributed by atoms with E-state index >= 15 is 0 Å². The van der Waals surface area contributed by atoms with Crippen LogP contribution in [0.5, 0.6) is 0 Å². The van der Waals surface area contributed by atoms with Gasteiger partial charge in [0.05, 0.1) is 4.47 Å². The summed E-state index contributed by atoms with van der Waals surface area (Å²) in [5.41, 5.74) is 0.478. The monoisotopic (exact) mass is 342 g/mol. The van der Waals surface area contributed by atoms with E-state index in [4.69, 9.17) is 0 Å². The molecule has 110 valence electrons. The highest BCUT2D eigenvalue weighted by molar-refractivity contribution is 9.10. The Morgan fingerprint density at radius 3 is 2.80 bits per heavy atom. The molecule has 0 radical (unpaired) electrons. The van der Waals surface area contributed by atoms with E-state index in [9.17, 15) is 9.18 Å². The molecule has 3 nitrogen and oxygen atoms in total. The van der Waals surface area contributed by atoms with Gasteiger partial charge in [0.15, 0.2) is 0 Å². The Labute approximate surface area is 127 Å². The van der Waals surface area contributed by atoms with E-state index in [1.807, 2.05) is 0 Å². The molecule has 1 aromatic rings. The van der Waals surface area contributed by atoms with Crippen LogP contribution in [-0.2, 0) is 0 Å². The summed E-state index contributed by atoms with van der Waals surface area (Å²) in [6, 6.07) is 4.31. The molecule has 1 heterocycles. The molecule has 1 aromatic carbocycles. The van der Waals surface area contributed by atoms with Gasteiger partial charge in [-0.1, -0.05) is 6.92 Å². The van der Waals surface area contributed by atoms with Crippen molar-refractivity contribution < 1.29 is 9.18 Å². The Kier molecular flexibility index (Phi) is 5.54. The summed E-state index contributed by atoms with van der Waals surface area (Å²) in [6.07, 6.45) is 2.56. The third kappa shape index (κ3) is 4.28. The van der Waals surface area contributed by atoms with Crippen LogP contribution in [0.4, 0.5) is 4.39 Å². The predicted octanol–water partition coefficient (Wildman–Crippen LogP) is 3.05. The molecule has 1 atom stereocenters. The highest BCUT2D eigenvalue weighted by Gasteiger charge is 2.15. The van der Waals surface area contributed by atoms with Crippen molar-refractivity contribution in [3.63, 3.8) is 0 Å². The van der Waals surface area contributed by atoms with Gasteiger partial charge in [0.2, 0.25) is 0 Å². The molecule has 2 rings (SSSR count). The van der Waals surface area contributed by atoms with Crippen molar-refractivity contribution in [3.05, 3.63) is 34.1 Å². The van der Waals surface area contributed by atoms with Crippen LogP contribution in [0.1, 0.15) is 30.1 Å². The fraction of sp³-hybridized carbons (Fsp3) is 0.533. The average molecular weight is 343 g/mol. The molecule has 1 saturated heterocycles. The first-order valence-corrected chi connectivity index (χ1v) is 7.81. The average Bonchev–Trinajstić information content (AvgIpc) is 2.92. The Hall–Kier alpha value is -0.940. The van der Waals surface area contributed by atoms with Gasteiger partial charge < -0.3 is 10.2 Å². The topological polar surface area (TPSA) is 32.3 Å². The van der Waals surface area contributed by atoms with Crippen molar-refractivity contribution in [1.82, 2.24) is 10.2 Å². The van der Waals surface area contributed by atoms with Gasteiger partial charge in [0.1, 0.15) is 5.82 Å². The van der Waals surface area contributed by atoms with Gasteiger partial charge in [-0.15, -0.1) is 0 Å². The van der Waals surface area contributed by atoms with Gasteiger partial charge >= 0.3 is 0 Å². The normalized spacial score (nSPS) is 17.1. The molecular formula is C15H20BrFN2O. The van der Waals surface area contributed by atoms with Gasteiger partial charge in [0.25, 0.3) is 5.91 Å². The second-order valence-corrected chi connectivity index (χ2v) is 6.31. The van der Waals surface area contributed by atoms with E-state index in [1.54, 1.807) is 0 Å². The molecule has 0 spiro atoms. The van der Waals surface area contributed by atoms with Crippen LogP contribution < -0.4 is 5.32 Å². The fourth-order valence-corrected chi connectivity index (χ4v) is 2.86. The van der Waals surface area contributed by atoms with Crippen LogP contribution in [-0.4, -0.2) is 37.0 Å². The van der Waals surface area contributed by atoms with Gasteiger partial charge in [-0.05, 0) is 66.0 Å². The molecule has 1 fully saturated rings. The van der Waals surface area contributed by atoms with Gasteiger partial charge in [0, 0.05) is 18.7 Å². The molecule has 0 bridgehead atoms. The van der Waals surface area contributed by atoms with Crippen LogP contribution in [0.15, 0.2) is 22.7 Å². The quantitative estimate of drug-likeness (QED) is 0.891. The lowest BCUT2D eigenvalue weighted by atomic mass is 10.1. The Balaban J connectivity index is 1.80. The molecule has 1 unspecified atom stereocenters.